The van der Waals surface area contributed by atoms with Crippen LogP contribution < -0.4 is 5.32 Å². The number of nitrogens with one attached hydrogen (secondary N) is 2. The van der Waals surface area contributed by atoms with Crippen LogP contribution in [0.5, 0.6) is 0 Å². The standard InChI is InChI=1S/C25H33N3O5/c1-14(2)32-25(31)21-17(5)22(27-18(21)6)23(29)26-11-19-7-9-20(10-8-19)24(30)28-12-15(3)33-16(4)13-28/h7-10,14-16,27H,11-13H2,1-6H3,(H,26,29). The molecular weight excluding hydrogens is 422 g/mol. The molecule has 0 bridgehead atoms. The van der Waals surface area contributed by atoms with Crippen LogP contribution in [0.2, 0.25) is 0 Å². The Balaban J connectivity index is 1.62. The predicted molar refractivity (Wildman–Crippen MR) is 124 cm³/mol. The second-order valence-corrected chi connectivity index (χ2v) is 8.93. The maximum Gasteiger partial charge on any atom is 0.340 e. The van der Waals surface area contributed by atoms with Gasteiger partial charge in [-0.15, -0.1) is 0 Å². The van der Waals surface area contributed by atoms with Crippen molar-refractivity contribution >= 4 is 17.8 Å². The van der Waals surface area contributed by atoms with E-state index in [1.165, 1.54) is 0 Å². The summed E-state index contributed by atoms with van der Waals surface area (Å²) in [6.07, 6.45) is -0.214. The number of nitrogens with zero attached hydrogens (tertiary/aromatic N) is 1. The first-order chi connectivity index (χ1) is 15.6. The fourth-order valence-corrected chi connectivity index (χ4v) is 4.12. The van der Waals surface area contributed by atoms with Gasteiger partial charge in [-0.25, -0.2) is 4.79 Å². The first-order valence-electron chi connectivity index (χ1n) is 11.3. The molecule has 0 spiro atoms. The third-order valence-electron chi connectivity index (χ3n) is 5.57. The summed E-state index contributed by atoms with van der Waals surface area (Å²) in [5, 5.41) is 2.87. The lowest BCUT2D eigenvalue weighted by Crippen LogP contribution is -2.48. The lowest BCUT2D eigenvalue weighted by Gasteiger charge is -2.35. The van der Waals surface area contributed by atoms with Gasteiger partial charge < -0.3 is 24.7 Å². The predicted octanol–water partition coefficient (Wildman–Crippen LogP) is 3.38. The van der Waals surface area contributed by atoms with Crippen LogP contribution in [0.25, 0.3) is 0 Å². The van der Waals surface area contributed by atoms with E-state index in [1.54, 1.807) is 39.8 Å². The fourth-order valence-electron chi connectivity index (χ4n) is 4.12. The van der Waals surface area contributed by atoms with Gasteiger partial charge in [-0.3, -0.25) is 9.59 Å². The van der Waals surface area contributed by atoms with Crippen molar-refractivity contribution in [3.05, 3.63) is 57.9 Å². The average molecular weight is 456 g/mol. The minimum Gasteiger partial charge on any atom is -0.459 e. The number of carbonyl (C=O) groups excluding carboxylic acids is 3. The highest BCUT2D eigenvalue weighted by molar-refractivity contribution is 6.00. The van der Waals surface area contributed by atoms with Crippen molar-refractivity contribution in [2.24, 2.45) is 0 Å². The molecule has 1 aromatic heterocycles. The van der Waals surface area contributed by atoms with E-state index >= 15 is 0 Å². The first-order valence-corrected chi connectivity index (χ1v) is 11.3. The number of amides is 2. The Morgan fingerprint density at radius 2 is 1.73 bits per heavy atom. The Bertz CT molecular complexity index is 1020. The van der Waals surface area contributed by atoms with Crippen molar-refractivity contribution in [2.45, 2.75) is 66.4 Å². The van der Waals surface area contributed by atoms with Gasteiger partial charge in [-0.2, -0.15) is 0 Å². The number of aromatic amines is 1. The molecule has 2 N–H and O–H groups in total. The van der Waals surface area contributed by atoms with Crippen LogP contribution >= 0.6 is 0 Å². The molecule has 3 rings (SSSR count). The van der Waals surface area contributed by atoms with E-state index in [0.29, 0.717) is 47.7 Å². The third kappa shape index (κ3) is 5.82. The van der Waals surface area contributed by atoms with Gasteiger partial charge in [0.05, 0.1) is 23.9 Å². The fraction of sp³-hybridized carbons (Fsp3) is 0.480. The number of morpholine rings is 1. The maximum absolute atomic E-state index is 12.8. The second-order valence-electron chi connectivity index (χ2n) is 8.93. The quantitative estimate of drug-likeness (QED) is 0.651. The molecule has 178 valence electrons. The summed E-state index contributed by atoms with van der Waals surface area (Å²) in [6, 6.07) is 7.22. The molecule has 0 radical (unpaired) electrons. The molecule has 1 fully saturated rings. The minimum atomic E-state index is -0.445. The number of ether oxygens (including phenoxy) is 2. The number of H-pyrrole nitrogens is 1. The van der Waals surface area contributed by atoms with E-state index in [1.807, 2.05) is 30.9 Å². The number of aromatic nitrogens is 1. The Morgan fingerprint density at radius 3 is 2.30 bits per heavy atom. The molecule has 2 heterocycles. The van der Waals surface area contributed by atoms with Crippen molar-refractivity contribution in [1.82, 2.24) is 15.2 Å². The van der Waals surface area contributed by atoms with Gasteiger partial charge in [0.1, 0.15) is 5.69 Å². The van der Waals surface area contributed by atoms with Crippen molar-refractivity contribution < 1.29 is 23.9 Å². The maximum atomic E-state index is 12.8. The number of aryl methyl sites for hydroxylation is 1. The van der Waals surface area contributed by atoms with Gasteiger partial charge in [0.25, 0.3) is 11.8 Å². The summed E-state index contributed by atoms with van der Waals surface area (Å²) in [5.74, 6) is -0.777. The van der Waals surface area contributed by atoms with Crippen LogP contribution in [-0.4, -0.2) is 59.1 Å². The molecule has 0 saturated carbocycles. The smallest absolute Gasteiger partial charge is 0.340 e. The topological polar surface area (TPSA) is 101 Å². The Labute approximate surface area is 194 Å². The van der Waals surface area contributed by atoms with Gasteiger partial charge in [0.2, 0.25) is 0 Å². The van der Waals surface area contributed by atoms with Gasteiger partial charge in [0, 0.05) is 30.9 Å². The molecule has 0 aliphatic carbocycles. The van der Waals surface area contributed by atoms with Crippen molar-refractivity contribution in [2.75, 3.05) is 13.1 Å². The van der Waals surface area contributed by atoms with E-state index in [0.717, 1.165) is 5.56 Å². The van der Waals surface area contributed by atoms with Crippen LogP contribution in [-0.2, 0) is 16.0 Å². The number of esters is 1. The molecule has 2 aromatic rings. The highest BCUT2D eigenvalue weighted by Crippen LogP contribution is 2.20. The van der Waals surface area contributed by atoms with Crippen molar-refractivity contribution in [1.29, 1.82) is 0 Å². The lowest BCUT2D eigenvalue weighted by molar-refractivity contribution is -0.0586. The molecule has 33 heavy (non-hydrogen) atoms. The number of rotatable bonds is 6. The van der Waals surface area contributed by atoms with E-state index in [-0.39, 0.29) is 30.1 Å². The molecule has 2 atom stereocenters. The van der Waals surface area contributed by atoms with Crippen molar-refractivity contribution in [3.63, 3.8) is 0 Å². The van der Waals surface area contributed by atoms with E-state index in [9.17, 15) is 14.4 Å². The van der Waals surface area contributed by atoms with E-state index < -0.39 is 5.97 Å². The Morgan fingerprint density at radius 1 is 1.12 bits per heavy atom. The van der Waals surface area contributed by atoms with Crippen LogP contribution in [0.15, 0.2) is 24.3 Å². The number of carbonyl (C=O) groups is 3. The summed E-state index contributed by atoms with van der Waals surface area (Å²) >= 11 is 0. The molecular formula is C25H33N3O5. The van der Waals surface area contributed by atoms with E-state index in [2.05, 4.69) is 10.3 Å². The summed E-state index contributed by atoms with van der Waals surface area (Å²) in [4.78, 5) is 42.7. The van der Waals surface area contributed by atoms with Crippen LogP contribution in [0, 0.1) is 13.8 Å². The zero-order valence-corrected chi connectivity index (χ0v) is 20.2. The van der Waals surface area contributed by atoms with Crippen LogP contribution in [0.3, 0.4) is 0 Å². The molecule has 8 nitrogen and oxygen atoms in total. The highest BCUT2D eigenvalue weighted by atomic mass is 16.5. The van der Waals surface area contributed by atoms with Gasteiger partial charge in [-0.05, 0) is 64.8 Å². The SMILES string of the molecule is Cc1[nH]c(C(=O)NCc2ccc(C(=O)N3CC(C)OC(C)C3)cc2)c(C)c1C(=O)OC(C)C. The summed E-state index contributed by atoms with van der Waals surface area (Å²) in [5.41, 5.74) is 3.36. The zero-order valence-electron chi connectivity index (χ0n) is 20.2. The van der Waals surface area contributed by atoms with Crippen molar-refractivity contribution in [3.8, 4) is 0 Å². The Kier molecular flexibility index (Phi) is 7.58. The Hall–Kier alpha value is -3.13. The normalized spacial score (nSPS) is 18.3. The first kappa shape index (κ1) is 24.5. The molecule has 2 unspecified atom stereocenters. The molecule has 2 amide bonds. The second kappa shape index (κ2) is 10.2. The zero-order chi connectivity index (χ0) is 24.3. The number of hydrogen-bond acceptors (Lipinski definition) is 5. The number of hydrogen-bond donors (Lipinski definition) is 2. The minimum absolute atomic E-state index is 0.0139. The van der Waals surface area contributed by atoms with Gasteiger partial charge >= 0.3 is 5.97 Å². The highest BCUT2D eigenvalue weighted by Gasteiger charge is 2.27. The van der Waals surface area contributed by atoms with Crippen LogP contribution in [0.4, 0.5) is 0 Å². The largest absolute Gasteiger partial charge is 0.459 e. The lowest BCUT2D eigenvalue weighted by atomic mass is 10.1. The molecule has 1 saturated heterocycles. The van der Waals surface area contributed by atoms with E-state index in [4.69, 9.17) is 9.47 Å². The summed E-state index contributed by atoms with van der Waals surface area (Å²) in [6.45, 7) is 12.4. The molecule has 1 aromatic carbocycles. The third-order valence-corrected chi connectivity index (χ3v) is 5.57. The van der Waals surface area contributed by atoms with Gasteiger partial charge in [-0.1, -0.05) is 12.1 Å². The summed E-state index contributed by atoms with van der Waals surface area (Å²) < 4.78 is 11.0. The molecule has 1 aliphatic heterocycles. The molecule has 1 aliphatic rings. The average Bonchev–Trinajstić information content (AvgIpc) is 3.04. The van der Waals surface area contributed by atoms with Gasteiger partial charge in [0.15, 0.2) is 0 Å². The summed E-state index contributed by atoms with van der Waals surface area (Å²) in [7, 11) is 0. The van der Waals surface area contributed by atoms with Crippen LogP contribution in [0.1, 0.15) is 75.7 Å². The monoisotopic (exact) mass is 455 g/mol. The number of benzene rings is 1. The molecule has 8 heteroatoms.